The van der Waals surface area contributed by atoms with E-state index in [-0.39, 0.29) is 48.0 Å². The standard InChI is InChI=1S/C24H22F3N5O3/c1-11-3-4-14(16(25)7-11)23-30-31-24(35-23)28-19-10-32(12(19)2)13-8-17(26)21(18(27)9-13)15-5-6-20(33)29-22(15)34/h3-4,7-9,12,15,19H,5-6,10H2,1-2H3,(H,28,31)(H,29,33,34)/t12-,15?,19+/m1/s1. The number of anilines is 2. The maximum Gasteiger partial charge on any atom is 0.316 e. The molecule has 2 N–H and O–H groups in total. The molecule has 0 spiro atoms. The average Bonchev–Trinajstić information content (AvgIpc) is 3.25. The second kappa shape index (κ2) is 8.71. The molecule has 8 nitrogen and oxygen atoms in total. The van der Waals surface area contributed by atoms with Gasteiger partial charge in [0.25, 0.3) is 5.89 Å². The third-order valence-corrected chi connectivity index (χ3v) is 6.54. The highest BCUT2D eigenvalue weighted by molar-refractivity contribution is 6.01. The van der Waals surface area contributed by atoms with Crippen molar-refractivity contribution in [1.82, 2.24) is 15.5 Å². The quantitative estimate of drug-likeness (QED) is 0.532. The Kier molecular flexibility index (Phi) is 5.70. The number of amides is 2. The maximum absolute atomic E-state index is 14.9. The minimum Gasteiger partial charge on any atom is -0.403 e. The van der Waals surface area contributed by atoms with Gasteiger partial charge in [-0.3, -0.25) is 14.9 Å². The molecule has 1 unspecified atom stereocenters. The summed E-state index contributed by atoms with van der Waals surface area (Å²) >= 11 is 0. The molecular weight excluding hydrogens is 463 g/mol. The molecule has 0 saturated carbocycles. The Hall–Kier alpha value is -3.89. The van der Waals surface area contributed by atoms with Crippen LogP contribution < -0.4 is 15.5 Å². The van der Waals surface area contributed by atoms with E-state index in [1.54, 1.807) is 24.0 Å². The van der Waals surface area contributed by atoms with Crippen LogP contribution in [0, 0.1) is 24.4 Å². The van der Waals surface area contributed by atoms with Crippen molar-refractivity contribution in [1.29, 1.82) is 0 Å². The zero-order valence-corrected chi connectivity index (χ0v) is 18.9. The highest BCUT2D eigenvalue weighted by Gasteiger charge is 2.38. The van der Waals surface area contributed by atoms with Crippen LogP contribution in [0.2, 0.25) is 0 Å². The van der Waals surface area contributed by atoms with Gasteiger partial charge in [0.15, 0.2) is 0 Å². The zero-order chi connectivity index (χ0) is 24.9. The first kappa shape index (κ1) is 22.9. The monoisotopic (exact) mass is 485 g/mol. The first-order chi connectivity index (χ1) is 16.7. The third-order valence-electron chi connectivity index (χ3n) is 6.54. The fourth-order valence-corrected chi connectivity index (χ4v) is 4.50. The Morgan fingerprint density at radius 1 is 1.09 bits per heavy atom. The van der Waals surface area contributed by atoms with Crippen molar-refractivity contribution in [3.8, 4) is 11.5 Å². The Labute approximate surface area is 198 Å². The van der Waals surface area contributed by atoms with Gasteiger partial charge in [0.2, 0.25) is 11.8 Å². The van der Waals surface area contributed by atoms with Crippen LogP contribution in [0.25, 0.3) is 11.5 Å². The molecule has 1 aromatic heterocycles. The molecule has 11 heteroatoms. The van der Waals surface area contributed by atoms with E-state index >= 15 is 0 Å². The predicted octanol–water partition coefficient (Wildman–Crippen LogP) is 3.67. The molecule has 2 aliphatic heterocycles. The second-order valence-corrected chi connectivity index (χ2v) is 8.87. The molecule has 2 saturated heterocycles. The minimum atomic E-state index is -1.05. The van der Waals surface area contributed by atoms with Crippen molar-refractivity contribution >= 4 is 23.5 Å². The van der Waals surface area contributed by atoms with Gasteiger partial charge in [-0.2, -0.15) is 0 Å². The Balaban J connectivity index is 1.27. The molecule has 2 amide bonds. The van der Waals surface area contributed by atoms with Gasteiger partial charge in [0.1, 0.15) is 17.5 Å². The lowest BCUT2D eigenvalue weighted by Gasteiger charge is -2.48. The van der Waals surface area contributed by atoms with Crippen LogP contribution in [0.1, 0.15) is 36.8 Å². The molecule has 2 aromatic carbocycles. The molecule has 3 atom stereocenters. The molecule has 3 heterocycles. The lowest BCUT2D eigenvalue weighted by molar-refractivity contribution is -0.134. The number of aryl methyl sites for hydroxylation is 1. The minimum absolute atomic E-state index is 0.0293. The van der Waals surface area contributed by atoms with Crippen LogP contribution in [-0.2, 0) is 9.59 Å². The lowest BCUT2D eigenvalue weighted by Crippen LogP contribution is -2.62. The Morgan fingerprint density at radius 2 is 1.83 bits per heavy atom. The summed E-state index contributed by atoms with van der Waals surface area (Å²) in [6, 6.07) is 6.85. The fraction of sp³-hybridized carbons (Fsp3) is 0.333. The number of nitrogens with one attached hydrogen (secondary N) is 2. The Bertz CT molecular complexity index is 1300. The van der Waals surface area contributed by atoms with Gasteiger partial charge >= 0.3 is 6.01 Å². The van der Waals surface area contributed by atoms with Crippen molar-refractivity contribution in [3.05, 3.63) is 58.9 Å². The number of carbonyl (C=O) groups is 2. The first-order valence-electron chi connectivity index (χ1n) is 11.2. The van der Waals surface area contributed by atoms with E-state index in [4.69, 9.17) is 4.42 Å². The van der Waals surface area contributed by atoms with Crippen LogP contribution in [0.3, 0.4) is 0 Å². The number of aromatic nitrogens is 2. The summed E-state index contributed by atoms with van der Waals surface area (Å²) in [5.41, 5.74) is 0.963. The molecule has 182 valence electrons. The smallest absolute Gasteiger partial charge is 0.316 e. The number of halogens is 3. The van der Waals surface area contributed by atoms with Gasteiger partial charge in [-0.25, -0.2) is 13.2 Å². The van der Waals surface area contributed by atoms with E-state index in [1.807, 2.05) is 6.92 Å². The summed E-state index contributed by atoms with van der Waals surface area (Å²) in [5.74, 6) is -4.28. The third kappa shape index (κ3) is 4.22. The zero-order valence-electron chi connectivity index (χ0n) is 18.9. The van der Waals surface area contributed by atoms with Gasteiger partial charge in [0, 0.05) is 30.3 Å². The topological polar surface area (TPSA) is 100 Å². The van der Waals surface area contributed by atoms with Gasteiger partial charge in [-0.15, -0.1) is 5.10 Å². The Morgan fingerprint density at radius 3 is 2.49 bits per heavy atom. The summed E-state index contributed by atoms with van der Waals surface area (Å²) in [7, 11) is 0. The molecule has 0 bridgehead atoms. The molecule has 0 radical (unpaired) electrons. The van der Waals surface area contributed by atoms with Crippen molar-refractivity contribution < 1.29 is 27.2 Å². The van der Waals surface area contributed by atoms with E-state index in [0.717, 1.165) is 5.56 Å². The molecular formula is C24H22F3N5O3. The SMILES string of the molecule is Cc1ccc(-c2nnc(N[C@H]3CN(c4cc(F)c(C5CCC(=O)NC5=O)c(F)c4)[C@@H]3C)o2)c(F)c1. The van der Waals surface area contributed by atoms with Crippen molar-refractivity contribution in [2.45, 2.75) is 44.7 Å². The van der Waals surface area contributed by atoms with E-state index in [1.165, 1.54) is 18.2 Å². The number of rotatable bonds is 5. The number of piperidine rings is 1. The number of benzene rings is 2. The van der Waals surface area contributed by atoms with Gasteiger partial charge < -0.3 is 14.6 Å². The molecule has 35 heavy (non-hydrogen) atoms. The van der Waals surface area contributed by atoms with Crippen LogP contribution >= 0.6 is 0 Å². The molecule has 2 aliphatic rings. The summed E-state index contributed by atoms with van der Waals surface area (Å²) < 4.78 is 49.5. The largest absolute Gasteiger partial charge is 0.403 e. The number of imide groups is 1. The molecule has 2 fully saturated rings. The van der Waals surface area contributed by atoms with Gasteiger partial charge in [-0.1, -0.05) is 11.2 Å². The lowest BCUT2D eigenvalue weighted by atomic mass is 9.89. The van der Waals surface area contributed by atoms with Crippen molar-refractivity contribution in [2.75, 3.05) is 16.8 Å². The number of carbonyl (C=O) groups excluding carboxylic acids is 2. The van der Waals surface area contributed by atoms with E-state index in [0.29, 0.717) is 12.2 Å². The van der Waals surface area contributed by atoms with Crippen molar-refractivity contribution in [3.63, 3.8) is 0 Å². The van der Waals surface area contributed by atoms with Crippen LogP contribution in [-0.4, -0.2) is 40.6 Å². The predicted molar refractivity (Wildman–Crippen MR) is 120 cm³/mol. The summed E-state index contributed by atoms with van der Waals surface area (Å²) in [6.45, 7) is 4.04. The fourth-order valence-electron chi connectivity index (χ4n) is 4.50. The number of hydrogen-bond acceptors (Lipinski definition) is 7. The molecule has 5 rings (SSSR count). The first-order valence-corrected chi connectivity index (χ1v) is 11.2. The summed E-state index contributed by atoms with van der Waals surface area (Å²) in [4.78, 5) is 25.2. The average molecular weight is 485 g/mol. The van der Waals surface area contributed by atoms with Gasteiger partial charge in [0.05, 0.1) is 17.5 Å². The highest BCUT2D eigenvalue weighted by Crippen LogP contribution is 2.35. The van der Waals surface area contributed by atoms with Crippen molar-refractivity contribution in [2.24, 2.45) is 0 Å². The molecule has 0 aliphatic carbocycles. The second-order valence-electron chi connectivity index (χ2n) is 8.87. The van der Waals surface area contributed by atoms with E-state index < -0.39 is 35.2 Å². The summed E-state index contributed by atoms with van der Waals surface area (Å²) in [5, 5.41) is 13.0. The summed E-state index contributed by atoms with van der Waals surface area (Å²) in [6.07, 6.45) is 0.0874. The van der Waals surface area contributed by atoms with Gasteiger partial charge in [-0.05, 0) is 50.1 Å². The van der Waals surface area contributed by atoms with Crippen LogP contribution in [0.4, 0.5) is 24.9 Å². The maximum atomic E-state index is 14.9. The number of hydrogen-bond donors (Lipinski definition) is 2. The van der Waals surface area contributed by atoms with E-state index in [2.05, 4.69) is 20.8 Å². The normalized spacial score (nSPS) is 22.1. The molecule has 3 aromatic rings. The highest BCUT2D eigenvalue weighted by atomic mass is 19.1. The van der Waals surface area contributed by atoms with E-state index in [9.17, 15) is 22.8 Å². The number of nitrogens with zero attached hydrogens (tertiary/aromatic N) is 3. The van der Waals surface area contributed by atoms with Crippen LogP contribution in [0.5, 0.6) is 0 Å². The van der Waals surface area contributed by atoms with Crippen LogP contribution in [0.15, 0.2) is 34.7 Å².